The smallest absolute Gasteiger partial charge is 0.225 e. The molecule has 0 spiro atoms. The van der Waals surface area contributed by atoms with E-state index in [0.717, 1.165) is 0 Å². The molecular formula is C12H12BrN5O4. The first kappa shape index (κ1) is 15.1. The van der Waals surface area contributed by atoms with Crippen molar-refractivity contribution in [2.45, 2.75) is 23.9 Å². The number of aromatic nitrogens is 3. The molecular weight excluding hydrogens is 358 g/mol. The van der Waals surface area contributed by atoms with Crippen molar-refractivity contribution >= 4 is 27.3 Å². The Hall–Kier alpha value is -1.77. The number of ether oxygens (including phenoxy) is 1. The Morgan fingerprint density at radius 1 is 1.55 bits per heavy atom. The minimum absolute atomic E-state index is 0.174. The lowest BCUT2D eigenvalue weighted by atomic mass is 9.92. The van der Waals surface area contributed by atoms with Crippen molar-refractivity contribution in [3.8, 4) is 6.07 Å². The van der Waals surface area contributed by atoms with E-state index < -0.39 is 30.5 Å². The molecule has 0 saturated carbocycles. The second kappa shape index (κ2) is 5.15. The van der Waals surface area contributed by atoms with Crippen LogP contribution in [0.3, 0.4) is 0 Å². The molecule has 0 radical (unpaired) electrons. The zero-order valence-electron chi connectivity index (χ0n) is 11.1. The van der Waals surface area contributed by atoms with Crippen LogP contribution in [0.1, 0.15) is 5.69 Å². The molecule has 0 unspecified atom stereocenters. The fraction of sp³-hybridized carbons (Fsp3) is 0.417. The van der Waals surface area contributed by atoms with E-state index in [0.29, 0.717) is 9.99 Å². The number of hydrogen-bond donors (Lipinski definition) is 4. The first-order chi connectivity index (χ1) is 10.5. The highest BCUT2D eigenvalue weighted by molar-refractivity contribution is 9.10. The van der Waals surface area contributed by atoms with E-state index in [9.17, 15) is 20.6 Å². The molecule has 116 valence electrons. The van der Waals surface area contributed by atoms with Gasteiger partial charge in [-0.2, -0.15) is 10.4 Å². The predicted molar refractivity (Wildman–Crippen MR) is 76.4 cm³/mol. The van der Waals surface area contributed by atoms with Crippen molar-refractivity contribution in [3.63, 3.8) is 0 Å². The van der Waals surface area contributed by atoms with E-state index in [-0.39, 0.29) is 11.5 Å². The number of nitrogen functional groups attached to an aromatic ring is 1. The summed E-state index contributed by atoms with van der Waals surface area (Å²) in [4.78, 5) is 3.86. The summed E-state index contributed by atoms with van der Waals surface area (Å²) in [5.74, 6) is 0.174. The van der Waals surface area contributed by atoms with Crippen LogP contribution in [0.15, 0.2) is 16.9 Å². The summed E-state index contributed by atoms with van der Waals surface area (Å²) in [6, 6.07) is 3.39. The third-order valence-corrected chi connectivity index (χ3v) is 4.33. The van der Waals surface area contributed by atoms with Crippen molar-refractivity contribution in [1.82, 2.24) is 14.6 Å². The molecule has 0 aliphatic carbocycles. The first-order valence-corrected chi connectivity index (χ1v) is 7.09. The molecule has 0 bridgehead atoms. The highest BCUT2D eigenvalue weighted by Crippen LogP contribution is 2.42. The van der Waals surface area contributed by atoms with Crippen LogP contribution < -0.4 is 5.73 Å². The minimum atomic E-state index is -1.89. The lowest BCUT2D eigenvalue weighted by molar-refractivity contribution is -0.0643. The summed E-state index contributed by atoms with van der Waals surface area (Å²) in [6.07, 6.45) is -2.85. The highest BCUT2D eigenvalue weighted by Gasteiger charge is 2.57. The molecule has 0 amide bonds. The molecule has 1 saturated heterocycles. The fourth-order valence-corrected chi connectivity index (χ4v) is 3.20. The molecule has 10 heteroatoms. The van der Waals surface area contributed by atoms with Crippen LogP contribution in [0, 0.1) is 11.3 Å². The Morgan fingerprint density at radius 2 is 2.27 bits per heavy atom. The van der Waals surface area contributed by atoms with Gasteiger partial charge in [0, 0.05) is 4.47 Å². The van der Waals surface area contributed by atoms with Crippen molar-refractivity contribution in [2.24, 2.45) is 0 Å². The Labute approximate surface area is 132 Å². The van der Waals surface area contributed by atoms with Crippen LogP contribution in [-0.2, 0) is 10.3 Å². The number of fused-ring (bicyclic) bond motifs is 1. The number of anilines is 1. The number of aliphatic hydroxyl groups excluding tert-OH is 3. The molecule has 4 atom stereocenters. The van der Waals surface area contributed by atoms with Crippen LogP contribution >= 0.6 is 15.9 Å². The maximum Gasteiger partial charge on any atom is 0.225 e. The van der Waals surface area contributed by atoms with Gasteiger partial charge in [0.05, 0.1) is 12.3 Å². The van der Waals surface area contributed by atoms with Gasteiger partial charge in [-0.15, -0.1) is 0 Å². The van der Waals surface area contributed by atoms with Crippen molar-refractivity contribution in [3.05, 3.63) is 22.6 Å². The summed E-state index contributed by atoms with van der Waals surface area (Å²) < 4.78 is 7.28. The third kappa shape index (κ3) is 1.84. The zero-order valence-corrected chi connectivity index (χ0v) is 12.7. The van der Waals surface area contributed by atoms with Crippen LogP contribution in [0.2, 0.25) is 0 Å². The molecule has 9 nitrogen and oxygen atoms in total. The van der Waals surface area contributed by atoms with Crippen molar-refractivity contribution < 1.29 is 20.1 Å². The van der Waals surface area contributed by atoms with Crippen LogP contribution in [0.4, 0.5) is 5.82 Å². The normalized spacial score (nSPS) is 31.5. The van der Waals surface area contributed by atoms with Gasteiger partial charge in [-0.25, -0.2) is 9.50 Å². The minimum Gasteiger partial charge on any atom is -0.394 e. The number of hydrogen-bond acceptors (Lipinski definition) is 8. The fourth-order valence-electron chi connectivity index (χ4n) is 2.62. The van der Waals surface area contributed by atoms with Crippen LogP contribution in [-0.4, -0.2) is 54.8 Å². The monoisotopic (exact) mass is 369 g/mol. The Balaban J connectivity index is 2.26. The summed E-state index contributed by atoms with van der Waals surface area (Å²) in [7, 11) is 0. The van der Waals surface area contributed by atoms with E-state index >= 15 is 0 Å². The Bertz CT molecular complexity index is 775. The van der Waals surface area contributed by atoms with E-state index in [1.807, 2.05) is 6.07 Å². The standard InChI is InChI=1S/C12H12BrN5O4/c13-5-1-7(18-8(5)11(15)16-4-17-18)12(3-14)10(21)9(20)6(2-19)22-12/h1,4,6,9-10,19-21H,2H2,(H2,15,16,17)/t6-,9-,10-,12+/m1/s1. The van der Waals surface area contributed by atoms with E-state index in [1.165, 1.54) is 16.9 Å². The Kier molecular flexibility index (Phi) is 3.54. The van der Waals surface area contributed by atoms with Gasteiger partial charge in [0.25, 0.3) is 0 Å². The summed E-state index contributed by atoms with van der Waals surface area (Å²) in [5, 5.41) is 43.1. The molecule has 3 rings (SSSR count). The highest BCUT2D eigenvalue weighted by atomic mass is 79.9. The molecule has 3 heterocycles. The van der Waals surface area contributed by atoms with Crippen molar-refractivity contribution in [2.75, 3.05) is 12.3 Å². The molecule has 2 aromatic heterocycles. The summed E-state index contributed by atoms with van der Waals surface area (Å²) in [5.41, 5.74) is 4.49. The number of nitriles is 1. The third-order valence-electron chi connectivity index (χ3n) is 3.72. The van der Waals surface area contributed by atoms with Gasteiger partial charge in [0.1, 0.15) is 36.2 Å². The molecule has 5 N–H and O–H groups in total. The van der Waals surface area contributed by atoms with Crippen LogP contribution in [0.5, 0.6) is 0 Å². The molecule has 1 aliphatic heterocycles. The Morgan fingerprint density at radius 3 is 2.86 bits per heavy atom. The van der Waals surface area contributed by atoms with Crippen LogP contribution in [0.25, 0.3) is 5.52 Å². The predicted octanol–water partition coefficient (Wildman–Crippen LogP) is -1.09. The maximum absolute atomic E-state index is 10.3. The van der Waals surface area contributed by atoms with Gasteiger partial charge in [-0.1, -0.05) is 0 Å². The van der Waals surface area contributed by atoms with E-state index in [4.69, 9.17) is 10.5 Å². The SMILES string of the molecule is N#C[C@@]1(c2cc(Br)c3c(N)ncnn23)O[C@H](CO)[C@@H](O)[C@H]1O. The second-order valence-electron chi connectivity index (χ2n) is 4.90. The molecule has 22 heavy (non-hydrogen) atoms. The molecule has 2 aromatic rings. The van der Waals surface area contributed by atoms with Gasteiger partial charge in [-0.05, 0) is 22.0 Å². The number of nitrogens with zero attached hydrogens (tertiary/aromatic N) is 4. The molecule has 1 fully saturated rings. The first-order valence-electron chi connectivity index (χ1n) is 6.30. The summed E-state index contributed by atoms with van der Waals surface area (Å²) in [6.45, 7) is -0.538. The maximum atomic E-state index is 10.3. The lowest BCUT2D eigenvalue weighted by Crippen LogP contribution is -2.40. The quantitative estimate of drug-likeness (QED) is 0.521. The number of aliphatic hydroxyl groups is 3. The van der Waals surface area contributed by atoms with Gasteiger partial charge in [0.15, 0.2) is 5.82 Å². The largest absolute Gasteiger partial charge is 0.394 e. The second-order valence-corrected chi connectivity index (χ2v) is 5.76. The average molecular weight is 370 g/mol. The number of halogens is 1. The average Bonchev–Trinajstić information content (AvgIpc) is 2.98. The van der Waals surface area contributed by atoms with Gasteiger partial charge in [0.2, 0.25) is 5.60 Å². The molecule has 0 aromatic carbocycles. The summed E-state index contributed by atoms with van der Waals surface area (Å²) >= 11 is 3.30. The van der Waals surface area contributed by atoms with Gasteiger partial charge >= 0.3 is 0 Å². The molecule has 1 aliphatic rings. The van der Waals surface area contributed by atoms with E-state index in [2.05, 4.69) is 26.0 Å². The lowest BCUT2D eigenvalue weighted by Gasteiger charge is -2.24. The zero-order chi connectivity index (χ0) is 16.1. The van der Waals surface area contributed by atoms with E-state index in [1.54, 1.807) is 0 Å². The van der Waals surface area contributed by atoms with Gasteiger partial charge in [-0.3, -0.25) is 0 Å². The number of nitrogens with two attached hydrogens (primary N) is 1. The van der Waals surface area contributed by atoms with Gasteiger partial charge < -0.3 is 25.8 Å². The topological polar surface area (TPSA) is 150 Å². The number of rotatable bonds is 2. The van der Waals surface area contributed by atoms with Crippen molar-refractivity contribution in [1.29, 1.82) is 5.26 Å².